The summed E-state index contributed by atoms with van der Waals surface area (Å²) in [5, 5.41) is 8.09. The Balaban J connectivity index is 1.66. The summed E-state index contributed by atoms with van der Waals surface area (Å²) in [5.41, 5.74) is 0. The highest BCUT2D eigenvalue weighted by atomic mass is 15.3. The number of nitrogens with one attached hydrogen (secondary N) is 1. The van der Waals surface area contributed by atoms with Gasteiger partial charge in [-0.2, -0.15) is 5.10 Å². The van der Waals surface area contributed by atoms with Gasteiger partial charge >= 0.3 is 0 Å². The van der Waals surface area contributed by atoms with E-state index in [1.807, 2.05) is 6.20 Å². The van der Waals surface area contributed by atoms with Gasteiger partial charge in [-0.25, -0.2) is 4.68 Å². The van der Waals surface area contributed by atoms with E-state index in [1.165, 1.54) is 37.9 Å². The number of nitrogens with zero attached hydrogens (tertiary/aromatic N) is 2. The molecule has 2 aliphatic carbocycles. The molecule has 3 heteroatoms. The van der Waals surface area contributed by atoms with E-state index < -0.39 is 0 Å². The van der Waals surface area contributed by atoms with Crippen LogP contribution in [0.3, 0.4) is 0 Å². The molecule has 2 atom stereocenters. The van der Waals surface area contributed by atoms with Crippen LogP contribution in [-0.4, -0.2) is 15.8 Å². The average molecular weight is 219 g/mol. The molecule has 0 spiro atoms. The van der Waals surface area contributed by atoms with Crippen LogP contribution in [0.15, 0.2) is 12.3 Å². The van der Waals surface area contributed by atoms with E-state index in [0.717, 1.165) is 18.4 Å². The molecule has 3 nitrogen and oxygen atoms in total. The Morgan fingerprint density at radius 2 is 2.25 bits per heavy atom. The Morgan fingerprint density at radius 3 is 2.94 bits per heavy atom. The minimum atomic E-state index is 0.662. The van der Waals surface area contributed by atoms with E-state index in [-0.39, 0.29) is 0 Å². The van der Waals surface area contributed by atoms with Crippen molar-refractivity contribution < 1.29 is 0 Å². The molecule has 2 unspecified atom stereocenters. The molecule has 0 bridgehead atoms. The minimum absolute atomic E-state index is 0.662. The molecule has 88 valence electrons. The third-order valence-corrected chi connectivity index (χ3v) is 4.04. The zero-order chi connectivity index (χ0) is 11.0. The van der Waals surface area contributed by atoms with Gasteiger partial charge in [0.25, 0.3) is 0 Å². The second-order valence-electron chi connectivity index (χ2n) is 5.50. The zero-order valence-corrected chi connectivity index (χ0v) is 10.0. The molecule has 0 saturated heterocycles. The molecule has 1 N–H and O–H groups in total. The summed E-state index contributed by atoms with van der Waals surface area (Å²) in [6.07, 6.45) is 8.75. The second kappa shape index (κ2) is 4.11. The van der Waals surface area contributed by atoms with Crippen molar-refractivity contribution in [3.05, 3.63) is 12.3 Å². The number of anilines is 1. The fraction of sp³-hybridized carbons (Fsp3) is 0.769. The Hall–Kier alpha value is -0.990. The van der Waals surface area contributed by atoms with Crippen molar-refractivity contribution in [3.8, 4) is 0 Å². The Labute approximate surface area is 97.2 Å². The quantitative estimate of drug-likeness (QED) is 0.844. The van der Waals surface area contributed by atoms with Gasteiger partial charge in [0.1, 0.15) is 5.82 Å². The van der Waals surface area contributed by atoms with Crippen molar-refractivity contribution in [2.75, 3.05) is 5.32 Å². The normalized spacial score (nSPS) is 29.6. The summed E-state index contributed by atoms with van der Waals surface area (Å²) in [5.74, 6) is 2.93. The fourth-order valence-electron chi connectivity index (χ4n) is 2.70. The Kier molecular flexibility index (Phi) is 2.62. The molecule has 0 radical (unpaired) electrons. The lowest BCUT2D eigenvalue weighted by Gasteiger charge is -2.19. The number of aromatic nitrogens is 2. The first-order valence-electron chi connectivity index (χ1n) is 6.61. The standard InChI is InChI=1S/C13H21N3/c1-10-3-2-4-12(10)15-13-7-8-14-16(13)9-11-5-6-11/h7-8,10-12,15H,2-6,9H2,1H3. The van der Waals surface area contributed by atoms with Gasteiger partial charge in [-0.3, -0.25) is 0 Å². The van der Waals surface area contributed by atoms with Gasteiger partial charge in [-0.15, -0.1) is 0 Å². The van der Waals surface area contributed by atoms with Gasteiger partial charge in [0.15, 0.2) is 0 Å². The highest BCUT2D eigenvalue weighted by Crippen LogP contribution is 2.32. The van der Waals surface area contributed by atoms with Crippen molar-refractivity contribution in [2.24, 2.45) is 11.8 Å². The fourth-order valence-corrected chi connectivity index (χ4v) is 2.70. The molecular weight excluding hydrogens is 198 g/mol. The molecule has 1 aromatic rings. The zero-order valence-electron chi connectivity index (χ0n) is 10.0. The van der Waals surface area contributed by atoms with Crippen molar-refractivity contribution in [1.82, 2.24) is 9.78 Å². The average Bonchev–Trinajstić information content (AvgIpc) is 2.84. The molecule has 2 saturated carbocycles. The molecule has 2 aliphatic rings. The van der Waals surface area contributed by atoms with E-state index in [4.69, 9.17) is 0 Å². The molecule has 2 fully saturated rings. The van der Waals surface area contributed by atoms with Crippen LogP contribution in [0.5, 0.6) is 0 Å². The van der Waals surface area contributed by atoms with Crippen LogP contribution in [-0.2, 0) is 6.54 Å². The van der Waals surface area contributed by atoms with Crippen LogP contribution in [0.2, 0.25) is 0 Å². The molecular formula is C13H21N3. The number of hydrogen-bond donors (Lipinski definition) is 1. The Morgan fingerprint density at radius 1 is 1.38 bits per heavy atom. The minimum Gasteiger partial charge on any atom is -0.367 e. The maximum absolute atomic E-state index is 4.42. The van der Waals surface area contributed by atoms with Crippen molar-refractivity contribution >= 4 is 5.82 Å². The maximum Gasteiger partial charge on any atom is 0.124 e. The molecule has 0 amide bonds. The summed E-state index contributed by atoms with van der Waals surface area (Å²) >= 11 is 0. The topological polar surface area (TPSA) is 29.9 Å². The first-order chi connectivity index (χ1) is 7.83. The summed E-state index contributed by atoms with van der Waals surface area (Å²) < 4.78 is 2.16. The highest BCUT2D eigenvalue weighted by molar-refractivity contribution is 5.35. The first kappa shape index (κ1) is 10.2. The molecule has 0 aromatic carbocycles. The SMILES string of the molecule is CC1CCCC1Nc1ccnn1CC1CC1. The largest absolute Gasteiger partial charge is 0.367 e. The van der Waals surface area contributed by atoms with Gasteiger partial charge in [-0.05, 0) is 37.5 Å². The van der Waals surface area contributed by atoms with E-state index in [9.17, 15) is 0 Å². The van der Waals surface area contributed by atoms with Crippen LogP contribution >= 0.6 is 0 Å². The van der Waals surface area contributed by atoms with E-state index in [1.54, 1.807) is 0 Å². The molecule has 0 aliphatic heterocycles. The van der Waals surface area contributed by atoms with Crippen LogP contribution < -0.4 is 5.32 Å². The second-order valence-corrected chi connectivity index (χ2v) is 5.50. The summed E-state index contributed by atoms with van der Waals surface area (Å²) in [6, 6.07) is 2.78. The monoisotopic (exact) mass is 219 g/mol. The third-order valence-electron chi connectivity index (χ3n) is 4.04. The lowest BCUT2D eigenvalue weighted by atomic mass is 10.1. The van der Waals surface area contributed by atoms with Crippen molar-refractivity contribution in [2.45, 2.75) is 51.6 Å². The van der Waals surface area contributed by atoms with Gasteiger partial charge in [0.05, 0.1) is 6.20 Å². The van der Waals surface area contributed by atoms with Crippen LogP contribution in [0.1, 0.15) is 39.0 Å². The smallest absolute Gasteiger partial charge is 0.124 e. The van der Waals surface area contributed by atoms with E-state index in [2.05, 4.69) is 28.1 Å². The van der Waals surface area contributed by atoms with Crippen molar-refractivity contribution in [1.29, 1.82) is 0 Å². The van der Waals surface area contributed by atoms with Crippen LogP contribution in [0.25, 0.3) is 0 Å². The maximum atomic E-state index is 4.42. The van der Waals surface area contributed by atoms with E-state index >= 15 is 0 Å². The number of hydrogen-bond acceptors (Lipinski definition) is 2. The van der Waals surface area contributed by atoms with Gasteiger partial charge in [-0.1, -0.05) is 13.3 Å². The molecule has 1 heterocycles. The molecule has 1 aromatic heterocycles. The van der Waals surface area contributed by atoms with Gasteiger partial charge < -0.3 is 5.32 Å². The van der Waals surface area contributed by atoms with Crippen LogP contribution in [0, 0.1) is 11.8 Å². The summed E-state index contributed by atoms with van der Waals surface area (Å²) in [4.78, 5) is 0. The lowest BCUT2D eigenvalue weighted by Crippen LogP contribution is -2.24. The van der Waals surface area contributed by atoms with E-state index in [0.29, 0.717) is 6.04 Å². The third kappa shape index (κ3) is 2.08. The summed E-state index contributed by atoms with van der Waals surface area (Å²) in [7, 11) is 0. The molecule has 3 rings (SSSR count). The van der Waals surface area contributed by atoms with Crippen LogP contribution in [0.4, 0.5) is 5.82 Å². The first-order valence-corrected chi connectivity index (χ1v) is 6.61. The predicted molar refractivity (Wildman–Crippen MR) is 65.4 cm³/mol. The predicted octanol–water partition coefficient (Wildman–Crippen LogP) is 2.89. The lowest BCUT2D eigenvalue weighted by molar-refractivity contribution is 0.531. The summed E-state index contributed by atoms with van der Waals surface area (Å²) in [6.45, 7) is 3.46. The number of rotatable bonds is 4. The van der Waals surface area contributed by atoms with Gasteiger partial charge in [0.2, 0.25) is 0 Å². The van der Waals surface area contributed by atoms with Crippen molar-refractivity contribution in [3.63, 3.8) is 0 Å². The molecule has 16 heavy (non-hydrogen) atoms. The Bertz CT molecular complexity index is 354. The highest BCUT2D eigenvalue weighted by Gasteiger charge is 2.26. The van der Waals surface area contributed by atoms with Gasteiger partial charge in [0, 0.05) is 18.7 Å².